The highest BCUT2D eigenvalue weighted by atomic mass is 35.5. The second kappa shape index (κ2) is 5.34. The van der Waals surface area contributed by atoms with E-state index in [9.17, 15) is 10.2 Å². The first-order valence-electron chi connectivity index (χ1n) is 5.22. The Morgan fingerprint density at radius 2 is 0.889 bits per heavy atom. The lowest BCUT2D eigenvalue weighted by Gasteiger charge is -2.05. The van der Waals surface area contributed by atoms with Crippen molar-refractivity contribution in [2.75, 3.05) is 0 Å². The molecule has 0 spiro atoms. The SMILES string of the molecule is Oc1ccc(C(Cl)=C(Cl)c2ccc(O)cc2)cc1. The number of hydrogen-bond acceptors (Lipinski definition) is 2. The summed E-state index contributed by atoms with van der Waals surface area (Å²) in [6, 6.07) is 12.9. The summed E-state index contributed by atoms with van der Waals surface area (Å²) >= 11 is 12.4. The Balaban J connectivity index is 2.40. The molecule has 0 aliphatic rings. The molecule has 2 nitrogen and oxygen atoms in total. The topological polar surface area (TPSA) is 40.5 Å². The summed E-state index contributed by atoms with van der Waals surface area (Å²) in [5.74, 6) is 0.341. The first-order chi connectivity index (χ1) is 8.58. The standard InChI is InChI=1S/C14H10Cl2O2/c15-13(9-1-5-11(17)6-2-9)14(16)10-3-7-12(18)8-4-10/h1-8,17-18H. The Bertz CT molecular complexity index is 518. The summed E-state index contributed by atoms with van der Waals surface area (Å²) in [4.78, 5) is 0. The molecule has 0 amide bonds. The van der Waals surface area contributed by atoms with E-state index in [1.807, 2.05) is 0 Å². The van der Waals surface area contributed by atoms with Gasteiger partial charge in [-0.2, -0.15) is 0 Å². The highest BCUT2D eigenvalue weighted by Crippen LogP contribution is 2.33. The van der Waals surface area contributed by atoms with E-state index >= 15 is 0 Å². The van der Waals surface area contributed by atoms with Gasteiger partial charge >= 0.3 is 0 Å². The quantitative estimate of drug-likeness (QED) is 0.801. The van der Waals surface area contributed by atoms with Gasteiger partial charge in [0, 0.05) is 0 Å². The summed E-state index contributed by atoms with van der Waals surface area (Å²) in [5.41, 5.74) is 1.43. The largest absolute Gasteiger partial charge is 0.508 e. The number of aromatic hydroxyl groups is 2. The van der Waals surface area contributed by atoms with Crippen LogP contribution in [0.3, 0.4) is 0 Å². The van der Waals surface area contributed by atoms with E-state index in [1.165, 1.54) is 0 Å². The third-order valence-corrected chi connectivity index (χ3v) is 3.35. The van der Waals surface area contributed by atoms with Crippen molar-refractivity contribution in [3.8, 4) is 11.5 Å². The van der Waals surface area contributed by atoms with Crippen LogP contribution in [0.4, 0.5) is 0 Å². The molecule has 0 aromatic heterocycles. The Morgan fingerprint density at radius 3 is 1.17 bits per heavy atom. The zero-order valence-electron chi connectivity index (χ0n) is 9.27. The minimum atomic E-state index is 0.170. The first-order valence-corrected chi connectivity index (χ1v) is 5.97. The van der Waals surface area contributed by atoms with Gasteiger partial charge in [0.1, 0.15) is 11.5 Å². The van der Waals surface area contributed by atoms with Crippen LogP contribution in [0.1, 0.15) is 11.1 Å². The molecule has 0 fully saturated rings. The normalized spacial score (nSPS) is 12.1. The minimum absolute atomic E-state index is 0.170. The molecule has 0 unspecified atom stereocenters. The molecule has 2 N–H and O–H groups in total. The second-order valence-electron chi connectivity index (χ2n) is 3.72. The van der Waals surface area contributed by atoms with Crippen LogP contribution in [0.5, 0.6) is 11.5 Å². The van der Waals surface area contributed by atoms with Gasteiger partial charge in [-0.05, 0) is 59.7 Å². The highest BCUT2D eigenvalue weighted by molar-refractivity contribution is 6.65. The van der Waals surface area contributed by atoms with Crippen LogP contribution in [-0.4, -0.2) is 10.2 Å². The van der Waals surface area contributed by atoms with Crippen molar-refractivity contribution < 1.29 is 10.2 Å². The molecule has 2 aromatic rings. The molecule has 0 saturated heterocycles. The maximum absolute atomic E-state index is 9.20. The van der Waals surface area contributed by atoms with E-state index < -0.39 is 0 Å². The monoisotopic (exact) mass is 280 g/mol. The number of phenols is 2. The predicted octanol–water partition coefficient (Wildman–Crippen LogP) is 4.40. The predicted molar refractivity (Wildman–Crippen MR) is 74.7 cm³/mol. The van der Waals surface area contributed by atoms with Gasteiger partial charge < -0.3 is 10.2 Å². The van der Waals surface area contributed by atoms with Crippen molar-refractivity contribution in [1.82, 2.24) is 0 Å². The third kappa shape index (κ3) is 2.78. The van der Waals surface area contributed by atoms with E-state index in [0.29, 0.717) is 21.2 Å². The maximum atomic E-state index is 9.20. The Morgan fingerprint density at radius 1 is 0.611 bits per heavy atom. The number of hydrogen-bond donors (Lipinski definition) is 2. The van der Waals surface area contributed by atoms with Crippen LogP contribution in [-0.2, 0) is 0 Å². The Hall–Kier alpha value is -1.64. The summed E-state index contributed by atoms with van der Waals surface area (Å²) in [6.07, 6.45) is 0. The fourth-order valence-corrected chi connectivity index (χ4v) is 1.94. The molecule has 0 aliphatic heterocycles. The Kier molecular flexibility index (Phi) is 3.80. The maximum Gasteiger partial charge on any atom is 0.115 e. The number of benzene rings is 2. The molecular formula is C14H10Cl2O2. The molecule has 0 aliphatic carbocycles. The zero-order valence-corrected chi connectivity index (χ0v) is 10.8. The van der Waals surface area contributed by atoms with E-state index in [2.05, 4.69) is 0 Å². The smallest absolute Gasteiger partial charge is 0.115 e. The third-order valence-electron chi connectivity index (χ3n) is 2.43. The lowest BCUT2D eigenvalue weighted by Crippen LogP contribution is -1.82. The van der Waals surface area contributed by atoms with Crippen LogP contribution >= 0.6 is 23.2 Å². The molecule has 0 saturated carbocycles. The lowest BCUT2D eigenvalue weighted by atomic mass is 10.1. The summed E-state index contributed by atoms with van der Waals surface area (Å²) < 4.78 is 0. The van der Waals surface area contributed by atoms with E-state index in [0.717, 1.165) is 0 Å². The van der Waals surface area contributed by atoms with Crippen molar-refractivity contribution >= 4 is 33.3 Å². The molecule has 92 valence electrons. The molecule has 0 bridgehead atoms. The molecule has 4 heteroatoms. The van der Waals surface area contributed by atoms with Crippen LogP contribution in [0.25, 0.3) is 10.1 Å². The molecule has 2 rings (SSSR count). The van der Waals surface area contributed by atoms with E-state index in [1.54, 1.807) is 48.5 Å². The van der Waals surface area contributed by atoms with E-state index in [4.69, 9.17) is 23.2 Å². The van der Waals surface area contributed by atoms with Gasteiger partial charge in [-0.1, -0.05) is 23.2 Å². The van der Waals surface area contributed by atoms with Crippen molar-refractivity contribution in [2.24, 2.45) is 0 Å². The lowest BCUT2D eigenvalue weighted by molar-refractivity contribution is 0.474. The molecule has 18 heavy (non-hydrogen) atoms. The summed E-state index contributed by atoms with van der Waals surface area (Å²) in [7, 11) is 0. The average Bonchev–Trinajstić information content (AvgIpc) is 2.39. The molecule has 0 radical (unpaired) electrons. The van der Waals surface area contributed by atoms with Crippen LogP contribution in [0, 0.1) is 0 Å². The van der Waals surface area contributed by atoms with Crippen molar-refractivity contribution in [3.63, 3.8) is 0 Å². The van der Waals surface area contributed by atoms with Crippen molar-refractivity contribution in [2.45, 2.75) is 0 Å². The van der Waals surface area contributed by atoms with Crippen molar-refractivity contribution in [1.29, 1.82) is 0 Å². The molecule has 0 heterocycles. The second-order valence-corrected chi connectivity index (χ2v) is 4.48. The summed E-state index contributed by atoms with van der Waals surface area (Å²) in [6.45, 7) is 0. The number of halogens is 2. The van der Waals surface area contributed by atoms with Gasteiger partial charge in [0.2, 0.25) is 0 Å². The van der Waals surface area contributed by atoms with Crippen LogP contribution < -0.4 is 0 Å². The molecular weight excluding hydrogens is 271 g/mol. The Labute approximate surface area is 115 Å². The molecule has 0 atom stereocenters. The number of rotatable bonds is 2. The van der Waals surface area contributed by atoms with Crippen molar-refractivity contribution in [3.05, 3.63) is 59.7 Å². The fraction of sp³-hybridized carbons (Fsp3) is 0. The molecule has 2 aromatic carbocycles. The fourth-order valence-electron chi connectivity index (χ4n) is 1.47. The van der Waals surface area contributed by atoms with Crippen LogP contribution in [0.2, 0.25) is 0 Å². The van der Waals surface area contributed by atoms with Gasteiger partial charge in [-0.3, -0.25) is 0 Å². The first kappa shape index (κ1) is 12.8. The highest BCUT2D eigenvalue weighted by Gasteiger charge is 2.07. The average molecular weight is 281 g/mol. The minimum Gasteiger partial charge on any atom is -0.508 e. The van der Waals surface area contributed by atoms with Gasteiger partial charge in [0.15, 0.2) is 0 Å². The van der Waals surface area contributed by atoms with E-state index in [-0.39, 0.29) is 11.5 Å². The summed E-state index contributed by atoms with van der Waals surface area (Å²) in [5, 5.41) is 19.2. The van der Waals surface area contributed by atoms with Crippen LogP contribution in [0.15, 0.2) is 48.5 Å². The van der Waals surface area contributed by atoms with Gasteiger partial charge in [0.05, 0.1) is 10.1 Å². The van der Waals surface area contributed by atoms with Gasteiger partial charge in [0.25, 0.3) is 0 Å². The van der Waals surface area contributed by atoms with Gasteiger partial charge in [-0.15, -0.1) is 0 Å². The van der Waals surface area contributed by atoms with Gasteiger partial charge in [-0.25, -0.2) is 0 Å². The zero-order chi connectivity index (χ0) is 13.1. The number of phenolic OH excluding ortho intramolecular Hbond substituents is 2.